The van der Waals surface area contributed by atoms with Gasteiger partial charge in [-0.3, -0.25) is 19.2 Å². The zero-order chi connectivity index (χ0) is 45.0. The van der Waals surface area contributed by atoms with Crippen LogP contribution >= 0.6 is 0 Å². The highest BCUT2D eigenvalue weighted by molar-refractivity contribution is 5.93. The second kappa shape index (κ2) is 18.1. The number of nitrogens with one attached hydrogen (secondary N) is 1. The number of carbonyl (C=O) groups excluding carboxylic acids is 3. The van der Waals surface area contributed by atoms with Crippen LogP contribution in [0.2, 0.25) is 0 Å². The van der Waals surface area contributed by atoms with Crippen molar-refractivity contribution in [3.8, 4) is 0 Å². The average molecular weight is 877 g/mol. The van der Waals surface area contributed by atoms with Crippen molar-refractivity contribution in [3.05, 3.63) is 41.0 Å². The molecule has 2 N–H and O–H groups in total. The van der Waals surface area contributed by atoms with Crippen molar-refractivity contribution >= 4 is 23.9 Å². The van der Waals surface area contributed by atoms with Crippen LogP contribution in [0.25, 0.3) is 6.08 Å². The molecule has 12 heteroatoms. The molecular weight excluding hydrogens is 801 g/mol. The Balaban J connectivity index is 1.08. The van der Waals surface area contributed by atoms with Crippen LogP contribution in [-0.2, 0) is 49.5 Å². The van der Waals surface area contributed by atoms with Gasteiger partial charge in [0.25, 0.3) is 0 Å². The maximum atomic E-state index is 15.1. The largest absolute Gasteiger partial charge is 0.460 e. The van der Waals surface area contributed by atoms with Crippen LogP contribution in [0.15, 0.2) is 29.8 Å². The number of ether oxygens (including phenoxy) is 5. The van der Waals surface area contributed by atoms with Gasteiger partial charge in [-0.15, -0.1) is 0 Å². The maximum Gasteiger partial charge on any atom is 0.327 e. The van der Waals surface area contributed by atoms with Gasteiger partial charge >= 0.3 is 11.9 Å². The van der Waals surface area contributed by atoms with E-state index in [0.29, 0.717) is 36.2 Å². The molecule has 12 nitrogen and oxygen atoms in total. The Hall–Kier alpha value is -2.87. The second-order valence-electron chi connectivity index (χ2n) is 22.1. The lowest BCUT2D eigenvalue weighted by Crippen LogP contribution is -2.70. The minimum absolute atomic E-state index is 0.00895. The van der Waals surface area contributed by atoms with Gasteiger partial charge in [0.05, 0.1) is 30.9 Å². The SMILES string of the molecule is CCCCCC1(CCCCC)O[C@@H]2[C@H]3ON(Cc4cccc(C=C5CCC6O[C@]6(C)CC[C@@H]6[C@@H]5CC6(C)C)c4)[C@H]4C(=O)OC(CC34C(=O)N[C@H](CO)CCC(=O)OC(C)(C)C)[C@@H]2O1. The minimum Gasteiger partial charge on any atom is -0.460 e. The number of allylic oxidation sites excluding steroid dienone is 1. The summed E-state index contributed by atoms with van der Waals surface area (Å²) in [5.41, 5.74) is 1.80. The van der Waals surface area contributed by atoms with Crippen molar-refractivity contribution < 1.29 is 48.0 Å². The van der Waals surface area contributed by atoms with E-state index in [1.807, 2.05) is 6.07 Å². The molecule has 1 aromatic rings. The minimum atomic E-state index is -1.41. The molecule has 7 aliphatic rings. The molecule has 4 heterocycles. The zero-order valence-electron chi connectivity index (χ0n) is 39.4. The molecule has 350 valence electrons. The summed E-state index contributed by atoms with van der Waals surface area (Å²) in [6, 6.07) is 6.59. The highest BCUT2D eigenvalue weighted by Gasteiger charge is 2.76. The number of epoxide rings is 1. The normalized spacial score (nSPS) is 36.1. The van der Waals surface area contributed by atoms with Crippen molar-refractivity contribution in [2.24, 2.45) is 22.7 Å². The Morgan fingerprint density at radius 2 is 1.73 bits per heavy atom. The van der Waals surface area contributed by atoms with E-state index in [-0.39, 0.29) is 31.4 Å². The number of hydroxylamine groups is 2. The smallest absolute Gasteiger partial charge is 0.327 e. The number of fused-ring (bicyclic) bond motifs is 6. The summed E-state index contributed by atoms with van der Waals surface area (Å²) < 4.78 is 32.1. The van der Waals surface area contributed by atoms with Gasteiger partial charge in [0.2, 0.25) is 5.91 Å². The van der Waals surface area contributed by atoms with Gasteiger partial charge in [0, 0.05) is 25.7 Å². The van der Waals surface area contributed by atoms with E-state index in [4.69, 9.17) is 28.5 Å². The number of rotatable bonds is 17. The lowest BCUT2D eigenvalue weighted by atomic mass is 9.52. The molecule has 0 radical (unpaired) electrons. The number of hydrogen-bond acceptors (Lipinski definition) is 11. The summed E-state index contributed by atoms with van der Waals surface area (Å²) in [5, 5.41) is 15.2. The van der Waals surface area contributed by atoms with Crippen LogP contribution < -0.4 is 5.32 Å². The summed E-state index contributed by atoms with van der Waals surface area (Å²) in [6.07, 6.45) is 13.2. The van der Waals surface area contributed by atoms with Crippen molar-refractivity contribution in [1.82, 2.24) is 10.4 Å². The van der Waals surface area contributed by atoms with E-state index >= 15 is 4.79 Å². The molecule has 0 spiro atoms. The van der Waals surface area contributed by atoms with Crippen LogP contribution in [-0.4, -0.2) is 94.2 Å². The van der Waals surface area contributed by atoms with E-state index in [0.717, 1.165) is 68.9 Å². The summed E-state index contributed by atoms with van der Waals surface area (Å²) >= 11 is 0. The molecule has 3 unspecified atom stereocenters. The molecule has 8 rings (SSSR count). The number of aliphatic hydroxyl groups excluding tert-OH is 1. The van der Waals surface area contributed by atoms with Gasteiger partial charge < -0.3 is 34.1 Å². The van der Waals surface area contributed by atoms with Gasteiger partial charge in [-0.05, 0) is 107 Å². The van der Waals surface area contributed by atoms with E-state index in [2.05, 4.69) is 64.2 Å². The monoisotopic (exact) mass is 877 g/mol. The maximum absolute atomic E-state index is 15.1. The van der Waals surface area contributed by atoms with Gasteiger partial charge in [-0.1, -0.05) is 89.3 Å². The molecule has 3 aliphatic carbocycles. The lowest BCUT2D eigenvalue weighted by molar-refractivity contribution is -0.224. The van der Waals surface area contributed by atoms with Crippen molar-refractivity contribution in [2.45, 2.75) is 224 Å². The zero-order valence-corrected chi connectivity index (χ0v) is 39.4. The lowest BCUT2D eigenvalue weighted by Gasteiger charge is -2.53. The number of unbranched alkanes of at least 4 members (excludes halogenated alkanes) is 4. The average Bonchev–Trinajstić information content (AvgIpc) is 3.50. The first-order chi connectivity index (χ1) is 29.9. The number of esters is 2. The molecule has 0 aromatic heterocycles. The fourth-order valence-corrected chi connectivity index (χ4v) is 12.3. The fourth-order valence-electron chi connectivity index (χ4n) is 12.3. The first-order valence-electron chi connectivity index (χ1n) is 24.5. The molecule has 4 saturated heterocycles. The number of amides is 1. The Bertz CT molecular complexity index is 1860. The summed E-state index contributed by atoms with van der Waals surface area (Å²) in [6.45, 7) is 16.7. The van der Waals surface area contributed by atoms with E-state index in [1.54, 1.807) is 25.8 Å². The molecule has 11 atom stereocenters. The Kier molecular flexibility index (Phi) is 13.4. The summed E-state index contributed by atoms with van der Waals surface area (Å²) in [7, 11) is 0. The highest BCUT2D eigenvalue weighted by atomic mass is 16.8. The van der Waals surface area contributed by atoms with Gasteiger partial charge in [-0.25, -0.2) is 0 Å². The van der Waals surface area contributed by atoms with Crippen molar-refractivity contribution in [2.75, 3.05) is 6.61 Å². The third-order valence-electron chi connectivity index (χ3n) is 15.7. The molecular formula is C51H76N2O10. The Labute approximate surface area is 375 Å². The molecule has 63 heavy (non-hydrogen) atoms. The van der Waals surface area contributed by atoms with Crippen LogP contribution in [0.4, 0.5) is 0 Å². The first-order valence-corrected chi connectivity index (χ1v) is 24.5. The van der Waals surface area contributed by atoms with E-state index in [9.17, 15) is 14.7 Å². The highest BCUT2D eigenvalue weighted by Crippen LogP contribution is 2.61. The third kappa shape index (κ3) is 9.42. The standard InChI is InChI=1S/C51H76N2O10/c1-9-11-13-23-50(24-14-12-10-2)61-41-38-29-51(46(57)52-35(31-54)19-21-40(55)60-47(3,4)5)43(45(56)58-38)53(63-44(51)42(41)62-50)30-33-17-15-16-32(26-33)27-34-18-20-39-49(8,59-39)25-22-37-36(34)28-48(37,6)7/h15-17,26-27,35-39,41-44,54H,9-14,18-25,28-31H2,1-8H3,(H,52,57)/t35-,36+,37+,38?,39?,41-,42-,43-,44+,49+,51?/m0/s1. The number of benzene rings is 1. The molecule has 4 aliphatic heterocycles. The molecule has 1 aromatic carbocycles. The van der Waals surface area contributed by atoms with Crippen LogP contribution in [0.3, 0.4) is 0 Å². The summed E-state index contributed by atoms with van der Waals surface area (Å²) in [5.74, 6) is -1.07. The van der Waals surface area contributed by atoms with Gasteiger partial charge in [0.1, 0.15) is 35.4 Å². The molecule has 1 amide bonds. The molecule has 2 bridgehead atoms. The third-order valence-corrected chi connectivity index (χ3v) is 15.7. The topological polar surface area (TPSA) is 145 Å². The predicted molar refractivity (Wildman–Crippen MR) is 238 cm³/mol. The van der Waals surface area contributed by atoms with Crippen LogP contribution in [0, 0.1) is 22.7 Å². The summed E-state index contributed by atoms with van der Waals surface area (Å²) in [4.78, 5) is 49.2. The van der Waals surface area contributed by atoms with Gasteiger partial charge in [0.15, 0.2) is 11.8 Å². The second-order valence-corrected chi connectivity index (χ2v) is 22.1. The fraction of sp³-hybridized carbons (Fsp3) is 0.784. The van der Waals surface area contributed by atoms with Crippen LogP contribution in [0.5, 0.6) is 0 Å². The predicted octanol–water partition coefficient (Wildman–Crippen LogP) is 8.50. The van der Waals surface area contributed by atoms with E-state index in [1.165, 1.54) is 18.4 Å². The molecule has 3 saturated carbocycles. The number of aliphatic hydroxyl groups is 1. The van der Waals surface area contributed by atoms with Crippen LogP contribution in [0.1, 0.15) is 169 Å². The number of carbonyl (C=O) groups is 3. The van der Waals surface area contributed by atoms with E-state index < -0.39 is 77.8 Å². The first kappa shape index (κ1) is 46.7. The Morgan fingerprint density at radius 1 is 1.00 bits per heavy atom. The quantitative estimate of drug-likeness (QED) is 0.0883. The number of nitrogens with zero attached hydrogens (tertiary/aromatic N) is 1. The molecule has 7 fully saturated rings. The van der Waals surface area contributed by atoms with Gasteiger partial charge in [-0.2, -0.15) is 5.06 Å². The van der Waals surface area contributed by atoms with Crippen molar-refractivity contribution in [3.63, 3.8) is 0 Å². The van der Waals surface area contributed by atoms with Crippen molar-refractivity contribution in [1.29, 1.82) is 0 Å². The Morgan fingerprint density at radius 3 is 2.41 bits per heavy atom. The number of hydrogen-bond donors (Lipinski definition) is 2.